The first-order valence-corrected chi connectivity index (χ1v) is 8.89. The predicted octanol–water partition coefficient (Wildman–Crippen LogP) is 1.58. The predicted molar refractivity (Wildman–Crippen MR) is 93.8 cm³/mol. The molecule has 0 atom stereocenters. The Bertz CT molecular complexity index is 877. The summed E-state index contributed by atoms with van der Waals surface area (Å²) >= 11 is 6.15. The van der Waals surface area contributed by atoms with Gasteiger partial charge in [-0.25, -0.2) is 4.98 Å². The van der Waals surface area contributed by atoms with Crippen molar-refractivity contribution in [1.29, 1.82) is 0 Å². The second kappa shape index (κ2) is 6.48. The molecule has 0 bridgehead atoms. The SMILES string of the molecule is Cc1[nH]cnc1C1CCN(c2n[n+](C)[nH][n+]2-c2cccc(Cl)c2)CC1. The minimum absolute atomic E-state index is 0.509. The molecule has 8 heteroatoms. The van der Waals surface area contributed by atoms with Crippen LogP contribution in [0, 0.1) is 6.92 Å². The summed E-state index contributed by atoms with van der Waals surface area (Å²) in [6.45, 7) is 3.99. The van der Waals surface area contributed by atoms with Crippen LogP contribution in [0.1, 0.15) is 30.1 Å². The number of tetrazole rings is 1. The van der Waals surface area contributed by atoms with E-state index < -0.39 is 0 Å². The molecule has 1 fully saturated rings. The highest BCUT2D eigenvalue weighted by molar-refractivity contribution is 6.30. The quantitative estimate of drug-likeness (QED) is 0.698. The van der Waals surface area contributed by atoms with Crippen LogP contribution in [0.2, 0.25) is 5.02 Å². The number of hydrogen-bond acceptors (Lipinski definition) is 3. The van der Waals surface area contributed by atoms with Gasteiger partial charge in [0.1, 0.15) is 5.10 Å². The first kappa shape index (κ1) is 16.1. The molecule has 0 saturated carbocycles. The smallest absolute Gasteiger partial charge is 0.348 e. The Morgan fingerprint density at radius 3 is 2.76 bits per heavy atom. The molecule has 1 aliphatic rings. The number of halogens is 1. The van der Waals surface area contributed by atoms with Crippen molar-refractivity contribution in [1.82, 2.24) is 20.3 Å². The molecule has 1 aliphatic heterocycles. The molecule has 2 aromatic heterocycles. The number of benzene rings is 1. The van der Waals surface area contributed by atoms with Crippen molar-refractivity contribution in [3.63, 3.8) is 0 Å². The molecule has 25 heavy (non-hydrogen) atoms. The fraction of sp³-hybridized carbons (Fsp3) is 0.412. The van der Waals surface area contributed by atoms with Crippen molar-refractivity contribution >= 4 is 17.5 Å². The summed E-state index contributed by atoms with van der Waals surface area (Å²) in [6, 6.07) is 7.78. The third kappa shape index (κ3) is 3.11. The lowest BCUT2D eigenvalue weighted by molar-refractivity contribution is -0.865. The molecule has 3 heterocycles. The number of anilines is 1. The van der Waals surface area contributed by atoms with E-state index in [2.05, 4.69) is 32.1 Å². The fourth-order valence-corrected chi connectivity index (χ4v) is 3.70. The lowest BCUT2D eigenvalue weighted by Gasteiger charge is -2.28. The third-order valence-corrected chi connectivity index (χ3v) is 5.02. The topological polar surface area (TPSA) is 68.4 Å². The van der Waals surface area contributed by atoms with Gasteiger partial charge in [-0.3, -0.25) is 4.90 Å². The molecular formula is C17H22ClN7+2. The monoisotopic (exact) mass is 359 g/mol. The van der Waals surface area contributed by atoms with Crippen LogP contribution in [0.3, 0.4) is 0 Å². The van der Waals surface area contributed by atoms with Crippen LogP contribution in [0.4, 0.5) is 5.95 Å². The summed E-state index contributed by atoms with van der Waals surface area (Å²) < 4.78 is 1.98. The number of H-pyrrole nitrogens is 2. The Kier molecular flexibility index (Phi) is 4.17. The molecule has 3 aromatic rings. The van der Waals surface area contributed by atoms with Gasteiger partial charge in [-0.1, -0.05) is 17.7 Å². The van der Waals surface area contributed by atoms with Crippen LogP contribution in [-0.4, -0.2) is 33.4 Å². The van der Waals surface area contributed by atoms with E-state index in [-0.39, 0.29) is 0 Å². The number of piperidine rings is 1. The van der Waals surface area contributed by atoms with Crippen LogP contribution in [-0.2, 0) is 7.05 Å². The van der Waals surface area contributed by atoms with E-state index in [1.54, 1.807) is 11.1 Å². The van der Waals surface area contributed by atoms with E-state index in [0.717, 1.165) is 37.6 Å². The molecule has 7 nitrogen and oxygen atoms in total. The maximum atomic E-state index is 6.15. The second-order valence-corrected chi connectivity index (χ2v) is 6.95. The van der Waals surface area contributed by atoms with E-state index in [1.165, 1.54) is 11.4 Å². The van der Waals surface area contributed by atoms with Crippen LogP contribution >= 0.6 is 11.6 Å². The molecule has 0 spiro atoms. The van der Waals surface area contributed by atoms with Crippen LogP contribution < -0.4 is 14.4 Å². The minimum Gasteiger partial charge on any atom is -0.348 e. The van der Waals surface area contributed by atoms with Crippen molar-refractivity contribution in [3.8, 4) is 5.69 Å². The zero-order valence-corrected chi connectivity index (χ0v) is 15.2. The normalized spacial score (nSPS) is 15.7. The molecule has 1 aromatic carbocycles. The van der Waals surface area contributed by atoms with Crippen molar-refractivity contribution < 1.29 is 9.48 Å². The van der Waals surface area contributed by atoms with Crippen molar-refractivity contribution in [2.45, 2.75) is 25.7 Å². The van der Waals surface area contributed by atoms with Gasteiger partial charge in [-0.15, -0.1) is 0 Å². The van der Waals surface area contributed by atoms with Gasteiger partial charge in [-0.05, 0) is 25.8 Å². The Hall–Kier alpha value is -2.41. The van der Waals surface area contributed by atoms with Crippen LogP contribution in [0.15, 0.2) is 30.6 Å². The number of nitrogens with zero attached hydrogens (tertiary/aromatic N) is 5. The molecule has 130 valence electrons. The molecule has 0 unspecified atom stereocenters. The minimum atomic E-state index is 0.509. The lowest BCUT2D eigenvalue weighted by atomic mass is 9.93. The van der Waals surface area contributed by atoms with Crippen LogP contribution in [0.5, 0.6) is 0 Å². The van der Waals surface area contributed by atoms with Gasteiger partial charge >= 0.3 is 5.95 Å². The molecule has 4 rings (SSSR count). The number of imidazole rings is 1. The first-order valence-electron chi connectivity index (χ1n) is 8.51. The van der Waals surface area contributed by atoms with Crippen molar-refractivity contribution in [2.75, 3.05) is 18.0 Å². The highest BCUT2D eigenvalue weighted by Crippen LogP contribution is 2.29. The summed E-state index contributed by atoms with van der Waals surface area (Å²) in [6.07, 6.45) is 3.92. The molecule has 0 aliphatic carbocycles. The average molecular weight is 360 g/mol. The van der Waals surface area contributed by atoms with Gasteiger partial charge in [0.25, 0.3) is 0 Å². The average Bonchev–Trinajstić information content (AvgIpc) is 3.21. The Labute approximate surface area is 151 Å². The summed E-state index contributed by atoms with van der Waals surface area (Å²) in [5.41, 5.74) is 3.36. The van der Waals surface area contributed by atoms with Gasteiger partial charge in [-0.2, -0.15) is 0 Å². The third-order valence-electron chi connectivity index (χ3n) is 4.78. The first-order chi connectivity index (χ1) is 12.1. The zero-order valence-electron chi connectivity index (χ0n) is 14.4. The Morgan fingerprint density at radius 1 is 1.28 bits per heavy atom. The van der Waals surface area contributed by atoms with E-state index in [9.17, 15) is 0 Å². The lowest BCUT2D eigenvalue weighted by Crippen LogP contribution is -2.46. The maximum absolute atomic E-state index is 6.15. The van der Waals surface area contributed by atoms with Gasteiger partial charge in [0.15, 0.2) is 7.05 Å². The number of aromatic amines is 2. The Balaban J connectivity index is 1.57. The molecule has 0 radical (unpaired) electrons. The van der Waals surface area contributed by atoms with E-state index in [1.807, 2.05) is 36.0 Å². The summed E-state index contributed by atoms with van der Waals surface area (Å²) in [7, 11) is 1.89. The summed E-state index contributed by atoms with van der Waals surface area (Å²) in [5, 5.41) is 8.58. The van der Waals surface area contributed by atoms with Crippen molar-refractivity contribution in [3.05, 3.63) is 47.0 Å². The van der Waals surface area contributed by atoms with Gasteiger partial charge in [0, 0.05) is 46.5 Å². The summed E-state index contributed by atoms with van der Waals surface area (Å²) in [4.78, 5) is 11.7. The number of hydrogen-bond donors (Lipinski definition) is 2. The van der Waals surface area contributed by atoms with Gasteiger partial charge < -0.3 is 4.98 Å². The zero-order chi connectivity index (χ0) is 17.4. The van der Waals surface area contributed by atoms with Gasteiger partial charge in [0.2, 0.25) is 5.69 Å². The Morgan fingerprint density at radius 2 is 2.08 bits per heavy atom. The second-order valence-electron chi connectivity index (χ2n) is 6.51. The largest absolute Gasteiger partial charge is 0.475 e. The molecular weight excluding hydrogens is 338 g/mol. The van der Waals surface area contributed by atoms with Gasteiger partial charge in [0.05, 0.1) is 22.0 Å². The van der Waals surface area contributed by atoms with E-state index in [0.29, 0.717) is 10.9 Å². The maximum Gasteiger partial charge on any atom is 0.475 e. The highest BCUT2D eigenvalue weighted by Gasteiger charge is 2.34. The highest BCUT2D eigenvalue weighted by atomic mass is 35.5. The number of aromatic nitrogens is 6. The molecule has 1 saturated heterocycles. The van der Waals surface area contributed by atoms with E-state index >= 15 is 0 Å². The molecule has 2 N–H and O–H groups in total. The van der Waals surface area contributed by atoms with Crippen molar-refractivity contribution in [2.24, 2.45) is 7.05 Å². The van der Waals surface area contributed by atoms with Crippen LogP contribution in [0.25, 0.3) is 5.69 Å². The molecule has 0 amide bonds. The fourth-order valence-electron chi connectivity index (χ4n) is 3.52. The standard InChI is InChI=1S/C17H21ClN7/c1-12-16(20-11-19-12)13-6-8-24(9-7-13)17-21-23(2)22-25(17)15-5-3-4-14(18)10-15/h3-5,10-11,13H,6-9H2,1-2H3,(H,19,20)/q+1/p+1. The number of aryl methyl sites for hydroxylation is 2. The summed E-state index contributed by atoms with van der Waals surface area (Å²) in [5.74, 6) is 1.41. The number of nitrogens with one attached hydrogen (secondary N) is 2. The number of rotatable bonds is 3. The van der Waals surface area contributed by atoms with E-state index in [4.69, 9.17) is 11.6 Å².